The Morgan fingerprint density at radius 1 is 1.52 bits per heavy atom. The van der Waals surface area contributed by atoms with Crippen LogP contribution < -0.4 is 0 Å². The number of rotatable bonds is 5. The molecule has 21 heavy (non-hydrogen) atoms. The van der Waals surface area contributed by atoms with Crippen LogP contribution in [-0.2, 0) is 6.54 Å². The number of Topliss-reactive ketones (excluding diaryl/α,β-unsaturated/α-hetero) is 1. The Balaban J connectivity index is 2.10. The van der Waals surface area contributed by atoms with Crippen molar-refractivity contribution in [1.29, 1.82) is 0 Å². The number of carbonyl (C=O) groups is 1. The molecule has 5 heteroatoms. The highest BCUT2D eigenvalue weighted by Gasteiger charge is 2.22. The molecule has 1 saturated heterocycles. The van der Waals surface area contributed by atoms with Crippen molar-refractivity contribution in [3.8, 4) is 5.75 Å². The zero-order valence-corrected chi connectivity index (χ0v) is 13.7. The number of benzene rings is 1. The van der Waals surface area contributed by atoms with Gasteiger partial charge in [0.05, 0.1) is 5.56 Å². The lowest BCUT2D eigenvalue weighted by molar-refractivity contribution is 0.101. The van der Waals surface area contributed by atoms with Gasteiger partial charge in [-0.25, -0.2) is 0 Å². The molecule has 1 N–H and O–H groups in total. The predicted molar refractivity (Wildman–Crippen MR) is 85.1 cm³/mol. The highest BCUT2D eigenvalue weighted by Crippen LogP contribution is 2.29. The van der Waals surface area contributed by atoms with E-state index in [4.69, 9.17) is 11.6 Å². The van der Waals surface area contributed by atoms with Gasteiger partial charge >= 0.3 is 0 Å². The van der Waals surface area contributed by atoms with Gasteiger partial charge in [0.2, 0.25) is 0 Å². The largest absolute Gasteiger partial charge is 0.507 e. The molecular weight excluding hydrogens is 288 g/mol. The van der Waals surface area contributed by atoms with Crippen LogP contribution >= 0.6 is 11.6 Å². The SMILES string of the molecule is CC(=O)c1cc(Cl)cc(CN(C)CC2CCCN2C)c1O. The predicted octanol–water partition coefficient (Wildman–Crippen LogP) is 2.77. The summed E-state index contributed by atoms with van der Waals surface area (Å²) < 4.78 is 0. The molecule has 0 amide bonds. The van der Waals surface area contributed by atoms with Crippen LogP contribution in [0.5, 0.6) is 5.75 Å². The Bertz CT molecular complexity index is 533. The van der Waals surface area contributed by atoms with Crippen LogP contribution in [-0.4, -0.2) is 53.9 Å². The van der Waals surface area contributed by atoms with Crippen LogP contribution in [0.25, 0.3) is 0 Å². The minimum absolute atomic E-state index is 0.0542. The van der Waals surface area contributed by atoms with Crippen molar-refractivity contribution >= 4 is 17.4 Å². The Kier molecular flexibility index (Phi) is 5.25. The Hall–Kier alpha value is -1.10. The van der Waals surface area contributed by atoms with E-state index in [0.29, 0.717) is 28.7 Å². The number of likely N-dealkylation sites (tertiary alicyclic amines) is 1. The maximum atomic E-state index is 11.5. The third kappa shape index (κ3) is 3.96. The van der Waals surface area contributed by atoms with Gasteiger partial charge in [-0.15, -0.1) is 0 Å². The highest BCUT2D eigenvalue weighted by molar-refractivity contribution is 6.31. The van der Waals surface area contributed by atoms with Crippen LogP contribution in [0.15, 0.2) is 12.1 Å². The summed E-state index contributed by atoms with van der Waals surface area (Å²) in [4.78, 5) is 16.1. The van der Waals surface area contributed by atoms with Crippen molar-refractivity contribution in [2.75, 3.05) is 27.2 Å². The van der Waals surface area contributed by atoms with E-state index >= 15 is 0 Å². The third-order valence-corrected chi connectivity index (χ3v) is 4.39. The Morgan fingerprint density at radius 2 is 2.24 bits per heavy atom. The molecule has 0 bridgehead atoms. The standard InChI is InChI=1S/C16H23ClN2O2/c1-11(20)15-8-13(17)7-12(16(15)21)9-18(2)10-14-5-4-6-19(14)3/h7-8,14,21H,4-6,9-10H2,1-3H3. The van der Waals surface area contributed by atoms with Crippen molar-refractivity contribution in [3.05, 3.63) is 28.3 Å². The van der Waals surface area contributed by atoms with Gasteiger partial charge in [0.15, 0.2) is 5.78 Å². The first-order chi connectivity index (χ1) is 9.88. The average Bonchev–Trinajstić information content (AvgIpc) is 2.78. The molecular formula is C16H23ClN2O2. The van der Waals surface area contributed by atoms with Gasteiger partial charge in [0, 0.05) is 29.7 Å². The van der Waals surface area contributed by atoms with Gasteiger partial charge in [-0.3, -0.25) is 4.79 Å². The minimum Gasteiger partial charge on any atom is -0.507 e. The molecule has 1 unspecified atom stereocenters. The lowest BCUT2D eigenvalue weighted by Crippen LogP contribution is -2.36. The van der Waals surface area contributed by atoms with E-state index in [9.17, 15) is 9.90 Å². The van der Waals surface area contributed by atoms with Gasteiger partial charge < -0.3 is 14.9 Å². The van der Waals surface area contributed by atoms with Crippen LogP contribution in [0, 0.1) is 0 Å². The second kappa shape index (κ2) is 6.77. The van der Waals surface area contributed by atoms with Crippen molar-refractivity contribution in [3.63, 3.8) is 0 Å². The fraction of sp³-hybridized carbons (Fsp3) is 0.562. The zero-order chi connectivity index (χ0) is 15.6. The number of nitrogens with zero attached hydrogens (tertiary/aromatic N) is 2. The van der Waals surface area contributed by atoms with E-state index in [2.05, 4.69) is 16.8 Å². The van der Waals surface area contributed by atoms with Gasteiger partial charge in [-0.05, 0) is 52.5 Å². The molecule has 0 aliphatic carbocycles. The van der Waals surface area contributed by atoms with Crippen molar-refractivity contribution in [1.82, 2.24) is 9.80 Å². The molecule has 1 atom stereocenters. The van der Waals surface area contributed by atoms with Crippen LogP contribution in [0.4, 0.5) is 0 Å². The Labute approximate surface area is 131 Å². The number of hydrogen-bond donors (Lipinski definition) is 1. The zero-order valence-electron chi connectivity index (χ0n) is 12.9. The van der Waals surface area contributed by atoms with Gasteiger partial charge in [-0.2, -0.15) is 0 Å². The van der Waals surface area contributed by atoms with Crippen LogP contribution in [0.1, 0.15) is 35.7 Å². The van der Waals surface area contributed by atoms with E-state index in [-0.39, 0.29) is 11.5 Å². The van der Waals surface area contributed by atoms with Gasteiger partial charge in [0.1, 0.15) is 5.75 Å². The first-order valence-electron chi connectivity index (χ1n) is 7.29. The highest BCUT2D eigenvalue weighted by atomic mass is 35.5. The fourth-order valence-electron chi connectivity index (χ4n) is 2.97. The second-order valence-electron chi connectivity index (χ2n) is 5.99. The van der Waals surface area contributed by atoms with E-state index in [1.54, 1.807) is 6.07 Å². The summed E-state index contributed by atoms with van der Waals surface area (Å²) in [7, 11) is 4.18. The number of likely N-dealkylation sites (N-methyl/N-ethyl adjacent to an activating group) is 2. The lowest BCUT2D eigenvalue weighted by atomic mass is 10.1. The average molecular weight is 311 g/mol. The number of halogens is 1. The smallest absolute Gasteiger partial charge is 0.163 e. The van der Waals surface area contributed by atoms with E-state index in [0.717, 1.165) is 13.1 Å². The molecule has 1 aromatic carbocycles. The normalized spacial score (nSPS) is 19.4. The van der Waals surface area contributed by atoms with Crippen molar-refractivity contribution in [2.45, 2.75) is 32.4 Å². The summed E-state index contributed by atoms with van der Waals surface area (Å²) in [5, 5.41) is 10.7. The van der Waals surface area contributed by atoms with Crippen LogP contribution in [0.2, 0.25) is 5.02 Å². The van der Waals surface area contributed by atoms with E-state index < -0.39 is 0 Å². The number of aromatic hydroxyl groups is 1. The van der Waals surface area contributed by atoms with Crippen molar-refractivity contribution < 1.29 is 9.90 Å². The fourth-order valence-corrected chi connectivity index (χ4v) is 3.21. The minimum atomic E-state index is -0.172. The summed E-state index contributed by atoms with van der Waals surface area (Å²) in [5.74, 6) is -0.118. The molecule has 4 nitrogen and oxygen atoms in total. The van der Waals surface area contributed by atoms with Crippen LogP contribution in [0.3, 0.4) is 0 Å². The van der Waals surface area contributed by atoms with Crippen molar-refractivity contribution in [2.24, 2.45) is 0 Å². The summed E-state index contributed by atoms with van der Waals surface area (Å²) in [6, 6.07) is 3.81. The number of ketones is 1. The summed E-state index contributed by atoms with van der Waals surface area (Å²) >= 11 is 6.05. The number of phenols is 1. The number of phenolic OH excluding ortho intramolecular Hbond substituents is 1. The summed E-state index contributed by atoms with van der Waals surface area (Å²) in [6.07, 6.45) is 2.45. The van der Waals surface area contributed by atoms with E-state index in [1.807, 2.05) is 7.05 Å². The summed E-state index contributed by atoms with van der Waals surface area (Å²) in [6.45, 7) is 4.11. The Morgan fingerprint density at radius 3 is 2.81 bits per heavy atom. The molecule has 0 spiro atoms. The third-order valence-electron chi connectivity index (χ3n) is 4.17. The van der Waals surface area contributed by atoms with Gasteiger partial charge in [0.25, 0.3) is 0 Å². The molecule has 1 aliphatic heterocycles. The molecule has 1 aromatic rings. The molecule has 1 fully saturated rings. The quantitative estimate of drug-likeness (QED) is 0.849. The van der Waals surface area contributed by atoms with Gasteiger partial charge in [-0.1, -0.05) is 11.6 Å². The summed E-state index contributed by atoms with van der Waals surface area (Å²) in [5.41, 5.74) is 1.000. The van der Waals surface area contributed by atoms with E-state index in [1.165, 1.54) is 25.8 Å². The monoisotopic (exact) mass is 310 g/mol. The molecule has 1 aliphatic rings. The number of carbonyl (C=O) groups excluding carboxylic acids is 1. The molecule has 0 radical (unpaired) electrons. The maximum absolute atomic E-state index is 11.5. The molecule has 1 heterocycles. The molecule has 0 saturated carbocycles. The lowest BCUT2D eigenvalue weighted by Gasteiger charge is -2.26. The first kappa shape index (κ1) is 16.3. The first-order valence-corrected chi connectivity index (χ1v) is 7.67. The topological polar surface area (TPSA) is 43.8 Å². The number of hydrogen-bond acceptors (Lipinski definition) is 4. The second-order valence-corrected chi connectivity index (χ2v) is 6.43. The molecule has 2 rings (SSSR count). The molecule has 116 valence electrons. The molecule has 0 aromatic heterocycles. The maximum Gasteiger partial charge on any atom is 0.163 e.